The molecule has 0 radical (unpaired) electrons. The monoisotopic (exact) mass is 762 g/mol. The fourth-order valence-electron chi connectivity index (χ4n) is 7.22. The van der Waals surface area contributed by atoms with Crippen LogP contribution in [0.3, 0.4) is 0 Å². The van der Waals surface area contributed by atoms with Crippen molar-refractivity contribution in [3.63, 3.8) is 0 Å². The maximum Gasteiger partial charge on any atom is 0.273 e. The van der Waals surface area contributed by atoms with Gasteiger partial charge in [0.05, 0.1) is 37.8 Å². The summed E-state index contributed by atoms with van der Waals surface area (Å²) in [5, 5.41) is 19.0. The minimum absolute atomic E-state index is 0.00716. The van der Waals surface area contributed by atoms with Crippen LogP contribution in [-0.4, -0.2) is 133 Å². The molecule has 1 spiro atoms. The van der Waals surface area contributed by atoms with Crippen molar-refractivity contribution in [1.29, 1.82) is 0 Å². The molecule has 6 rings (SSSR count). The Morgan fingerprint density at radius 3 is 2.70 bits per heavy atom. The molecule has 2 saturated heterocycles. The Hall–Kier alpha value is -4.08. The number of ether oxygens (including phenoxy) is 3. The van der Waals surface area contributed by atoms with Gasteiger partial charge in [0.1, 0.15) is 22.7 Å². The van der Waals surface area contributed by atoms with Crippen LogP contribution in [0.15, 0.2) is 41.8 Å². The van der Waals surface area contributed by atoms with Crippen LogP contribution in [0.2, 0.25) is 0 Å². The largest absolute Gasteiger partial charge is 0.506 e. The summed E-state index contributed by atoms with van der Waals surface area (Å²) < 4.78 is 17.6. The third-order valence-corrected chi connectivity index (χ3v) is 11.3. The Labute approximate surface area is 322 Å². The average Bonchev–Trinajstić information content (AvgIpc) is 3.66. The molecule has 3 aromatic rings. The number of amides is 3. The first kappa shape index (κ1) is 39.6. The number of rotatable bonds is 18. The van der Waals surface area contributed by atoms with Crippen molar-refractivity contribution in [2.75, 3.05) is 90.6 Å². The molecule has 292 valence electrons. The molecule has 0 atom stereocenters. The Kier molecular flexibility index (Phi) is 13.6. The van der Waals surface area contributed by atoms with Gasteiger partial charge in [-0.05, 0) is 55.5 Å². The number of carbonyl (C=O) groups is 3. The van der Waals surface area contributed by atoms with Gasteiger partial charge >= 0.3 is 0 Å². The first-order chi connectivity index (χ1) is 26.1. The van der Waals surface area contributed by atoms with Crippen molar-refractivity contribution < 1.29 is 33.7 Å². The standard InChI is InChI=1S/C40H54N6O7S/c1-4-45(17-15-41-14-10-31-8-9-33(47)36-37(31)52-23-34(48)43-36)35(49)13-20-51-19-12-30-7-5-6-29(22-30)11-16-44-25-40(26-44)27-46(18-21-53-40)39(50)32-24-54-38(42-32)28(2)3/h5-9,22,24,28,41,47H,4,10-21,23,25-27H2,1-3H3,(H,43,48). The highest BCUT2D eigenvalue weighted by Crippen LogP contribution is 2.39. The molecule has 13 nitrogen and oxygen atoms in total. The Bertz CT molecular complexity index is 1760. The van der Waals surface area contributed by atoms with Gasteiger partial charge in [0.25, 0.3) is 11.8 Å². The van der Waals surface area contributed by atoms with Crippen LogP contribution in [0.1, 0.15) is 65.3 Å². The van der Waals surface area contributed by atoms with Crippen LogP contribution < -0.4 is 15.4 Å². The number of morpholine rings is 1. The van der Waals surface area contributed by atoms with Crippen molar-refractivity contribution in [2.45, 2.75) is 58.0 Å². The van der Waals surface area contributed by atoms with Gasteiger partial charge in [-0.1, -0.05) is 44.2 Å². The summed E-state index contributed by atoms with van der Waals surface area (Å²) in [6.07, 6.45) is 2.72. The van der Waals surface area contributed by atoms with Crippen molar-refractivity contribution >= 4 is 34.7 Å². The van der Waals surface area contributed by atoms with E-state index in [2.05, 4.69) is 58.6 Å². The van der Waals surface area contributed by atoms with E-state index in [0.717, 1.165) is 43.0 Å². The molecule has 0 aliphatic carbocycles. The molecule has 3 amide bonds. The zero-order valence-electron chi connectivity index (χ0n) is 31.7. The molecule has 3 aliphatic heterocycles. The van der Waals surface area contributed by atoms with E-state index in [0.29, 0.717) is 95.0 Å². The Morgan fingerprint density at radius 2 is 1.93 bits per heavy atom. The molecule has 0 unspecified atom stereocenters. The number of nitrogens with one attached hydrogen (secondary N) is 2. The summed E-state index contributed by atoms with van der Waals surface area (Å²) in [6, 6.07) is 12.0. The summed E-state index contributed by atoms with van der Waals surface area (Å²) in [6.45, 7) is 13.9. The first-order valence-electron chi connectivity index (χ1n) is 19.2. The fourth-order valence-corrected chi connectivity index (χ4v) is 8.03. The van der Waals surface area contributed by atoms with E-state index in [1.54, 1.807) is 23.5 Å². The lowest BCUT2D eigenvalue weighted by Gasteiger charge is -2.54. The number of anilines is 1. The molecule has 1 aromatic heterocycles. The highest BCUT2D eigenvalue weighted by molar-refractivity contribution is 7.09. The summed E-state index contributed by atoms with van der Waals surface area (Å²) in [7, 11) is 0. The molecular formula is C40H54N6O7S. The number of likely N-dealkylation sites (tertiary alicyclic amines) is 1. The van der Waals surface area contributed by atoms with E-state index >= 15 is 0 Å². The van der Waals surface area contributed by atoms with Gasteiger partial charge in [-0.15, -0.1) is 11.3 Å². The molecule has 4 heterocycles. The van der Waals surface area contributed by atoms with Crippen LogP contribution in [0.5, 0.6) is 11.5 Å². The Morgan fingerprint density at radius 1 is 1.11 bits per heavy atom. The number of carbonyl (C=O) groups excluding carboxylic acids is 3. The minimum Gasteiger partial charge on any atom is -0.506 e. The number of aromatic nitrogens is 1. The molecular weight excluding hydrogens is 709 g/mol. The Balaban J connectivity index is 0.834. The molecule has 14 heteroatoms. The van der Waals surface area contributed by atoms with Gasteiger partial charge in [0, 0.05) is 57.1 Å². The predicted molar refractivity (Wildman–Crippen MR) is 208 cm³/mol. The molecule has 3 N–H and O–H groups in total. The maximum atomic E-state index is 13.2. The summed E-state index contributed by atoms with van der Waals surface area (Å²) in [5.74, 6) is 0.606. The van der Waals surface area contributed by atoms with Crippen LogP contribution in [0, 0.1) is 0 Å². The maximum absolute atomic E-state index is 13.2. The molecule has 54 heavy (non-hydrogen) atoms. The van der Waals surface area contributed by atoms with E-state index in [4.69, 9.17) is 14.2 Å². The number of benzene rings is 2. The number of phenolic OH excluding ortho intramolecular Hbond substituents is 1. The van der Waals surface area contributed by atoms with Crippen molar-refractivity contribution in [2.24, 2.45) is 0 Å². The number of phenols is 1. The number of hydrogen-bond acceptors (Lipinski definition) is 11. The van der Waals surface area contributed by atoms with Crippen LogP contribution in [0.25, 0.3) is 0 Å². The van der Waals surface area contributed by atoms with Crippen LogP contribution >= 0.6 is 11.3 Å². The lowest BCUT2D eigenvalue weighted by atomic mass is 9.91. The van der Waals surface area contributed by atoms with Gasteiger partial charge in [0.15, 0.2) is 12.4 Å². The predicted octanol–water partition coefficient (Wildman–Crippen LogP) is 3.70. The number of thiazole rings is 1. The zero-order chi connectivity index (χ0) is 38.1. The normalized spacial score (nSPS) is 16.5. The average molecular weight is 763 g/mol. The third-order valence-electron chi connectivity index (χ3n) is 10.2. The van der Waals surface area contributed by atoms with Gasteiger partial charge < -0.3 is 39.8 Å². The smallest absolute Gasteiger partial charge is 0.273 e. The van der Waals surface area contributed by atoms with Crippen LogP contribution in [0.4, 0.5) is 5.69 Å². The van der Waals surface area contributed by atoms with Crippen molar-refractivity contribution in [3.8, 4) is 11.5 Å². The van der Waals surface area contributed by atoms with Crippen molar-refractivity contribution in [1.82, 2.24) is 25.0 Å². The topological polar surface area (TPSA) is 146 Å². The first-order valence-corrected chi connectivity index (χ1v) is 20.0. The molecule has 3 aliphatic rings. The summed E-state index contributed by atoms with van der Waals surface area (Å²) >= 11 is 1.56. The van der Waals surface area contributed by atoms with Crippen molar-refractivity contribution in [3.05, 3.63) is 69.2 Å². The van der Waals surface area contributed by atoms with E-state index in [-0.39, 0.29) is 35.7 Å². The fraction of sp³-hybridized carbons (Fsp3) is 0.550. The number of fused-ring (bicyclic) bond motifs is 1. The number of likely N-dealkylation sites (N-methyl/N-ethyl adjacent to an activating group) is 1. The highest BCUT2D eigenvalue weighted by atomic mass is 32.1. The van der Waals surface area contributed by atoms with E-state index in [1.165, 1.54) is 11.1 Å². The second-order valence-electron chi connectivity index (χ2n) is 14.6. The SMILES string of the molecule is CCN(CCNCCc1ccc(O)c2c1OCC(=O)N2)C(=O)CCOCCc1cccc(CCN2CC3(C2)CN(C(=O)c2csc(C(C)C)n2)CCO3)c1. The number of aromatic hydroxyl groups is 1. The quantitative estimate of drug-likeness (QED) is 0.130. The third kappa shape index (κ3) is 10.2. The second kappa shape index (κ2) is 18.5. The number of hydrogen-bond donors (Lipinski definition) is 3. The summed E-state index contributed by atoms with van der Waals surface area (Å²) in [5.41, 5.74) is 3.98. The van der Waals surface area contributed by atoms with Crippen LogP contribution in [-0.2, 0) is 38.3 Å². The van der Waals surface area contributed by atoms with Gasteiger partial charge in [-0.2, -0.15) is 0 Å². The van der Waals surface area contributed by atoms with E-state index in [1.807, 2.05) is 22.1 Å². The lowest BCUT2D eigenvalue weighted by molar-refractivity contribution is -0.176. The summed E-state index contributed by atoms with van der Waals surface area (Å²) in [4.78, 5) is 48.4. The number of nitrogens with zero attached hydrogens (tertiary/aromatic N) is 4. The molecule has 2 aromatic carbocycles. The molecule has 2 fully saturated rings. The minimum atomic E-state index is -0.288. The van der Waals surface area contributed by atoms with Gasteiger partial charge in [-0.3, -0.25) is 19.3 Å². The van der Waals surface area contributed by atoms with Gasteiger partial charge in [-0.25, -0.2) is 4.98 Å². The highest BCUT2D eigenvalue weighted by Gasteiger charge is 2.48. The van der Waals surface area contributed by atoms with E-state index < -0.39 is 0 Å². The lowest BCUT2D eigenvalue weighted by Crippen LogP contribution is -2.70. The second-order valence-corrected chi connectivity index (χ2v) is 15.5. The van der Waals surface area contributed by atoms with Gasteiger partial charge in [0.2, 0.25) is 5.91 Å². The van der Waals surface area contributed by atoms with E-state index in [9.17, 15) is 19.5 Å². The molecule has 0 saturated carbocycles. The molecule has 0 bridgehead atoms. The zero-order valence-corrected chi connectivity index (χ0v) is 32.5.